The van der Waals surface area contributed by atoms with E-state index in [2.05, 4.69) is 55.2 Å². The van der Waals surface area contributed by atoms with Crippen LogP contribution in [0.5, 0.6) is 0 Å². The second kappa shape index (κ2) is 7.19. The number of thioether (sulfide) groups is 1. The van der Waals surface area contributed by atoms with Crippen molar-refractivity contribution >= 4 is 11.8 Å². The fraction of sp³-hybridized carbons (Fsp3) is 0.684. The first-order valence-corrected chi connectivity index (χ1v) is 9.66. The molecule has 1 aromatic carbocycles. The van der Waals surface area contributed by atoms with Gasteiger partial charge in [0.2, 0.25) is 0 Å². The second-order valence-electron chi connectivity index (χ2n) is 6.80. The topological polar surface area (TPSA) is 12.0 Å². The van der Waals surface area contributed by atoms with E-state index in [0.29, 0.717) is 0 Å². The molecule has 1 heterocycles. The van der Waals surface area contributed by atoms with E-state index in [4.69, 9.17) is 0 Å². The fourth-order valence-electron chi connectivity index (χ4n) is 4.25. The maximum absolute atomic E-state index is 3.77. The van der Waals surface area contributed by atoms with Gasteiger partial charge in [-0.1, -0.05) is 38.5 Å². The van der Waals surface area contributed by atoms with Crippen molar-refractivity contribution in [2.75, 3.05) is 6.54 Å². The zero-order valence-corrected chi connectivity index (χ0v) is 14.3. The highest BCUT2D eigenvalue weighted by Gasteiger charge is 2.33. The van der Waals surface area contributed by atoms with E-state index in [1.807, 2.05) is 0 Å². The Morgan fingerprint density at radius 1 is 1.19 bits per heavy atom. The van der Waals surface area contributed by atoms with Crippen LogP contribution in [-0.2, 0) is 6.42 Å². The zero-order valence-electron chi connectivity index (χ0n) is 13.5. The van der Waals surface area contributed by atoms with Crippen LogP contribution in [0.25, 0.3) is 0 Å². The predicted octanol–water partition coefficient (Wildman–Crippen LogP) is 4.90. The molecule has 2 aliphatic rings. The quantitative estimate of drug-likeness (QED) is 0.830. The van der Waals surface area contributed by atoms with Crippen molar-refractivity contribution in [2.24, 2.45) is 11.8 Å². The van der Waals surface area contributed by atoms with Gasteiger partial charge < -0.3 is 5.32 Å². The Bertz CT molecular complexity index is 434. The molecule has 4 atom stereocenters. The molecule has 4 unspecified atom stereocenters. The minimum Gasteiger partial charge on any atom is -0.314 e. The van der Waals surface area contributed by atoms with Crippen molar-refractivity contribution in [3.63, 3.8) is 0 Å². The van der Waals surface area contributed by atoms with Crippen LogP contribution in [0.15, 0.2) is 29.2 Å². The Kier molecular flexibility index (Phi) is 5.29. The number of rotatable bonds is 5. The lowest BCUT2D eigenvalue weighted by Gasteiger charge is -2.37. The molecule has 1 nitrogen and oxygen atoms in total. The number of benzene rings is 1. The molecule has 0 amide bonds. The van der Waals surface area contributed by atoms with E-state index in [9.17, 15) is 0 Å². The minimum absolute atomic E-state index is 0.766. The molecule has 0 bridgehead atoms. The Balaban J connectivity index is 1.62. The van der Waals surface area contributed by atoms with Gasteiger partial charge in [-0.25, -0.2) is 0 Å². The van der Waals surface area contributed by atoms with E-state index in [1.165, 1.54) is 43.4 Å². The van der Waals surface area contributed by atoms with Gasteiger partial charge in [-0.2, -0.15) is 0 Å². The van der Waals surface area contributed by atoms with Crippen molar-refractivity contribution in [1.29, 1.82) is 0 Å². The van der Waals surface area contributed by atoms with Crippen LogP contribution < -0.4 is 5.32 Å². The van der Waals surface area contributed by atoms with Crippen LogP contribution in [0.4, 0.5) is 0 Å². The lowest BCUT2D eigenvalue weighted by Crippen LogP contribution is -2.41. The maximum atomic E-state index is 3.77. The van der Waals surface area contributed by atoms with Crippen molar-refractivity contribution in [2.45, 2.75) is 68.6 Å². The standard InChI is InChI=1S/C19H29NS/c1-3-14-9-10-18(20-4-2)16(11-14)13-17-12-15-7-5-6-8-19(15)21-17/h5-8,14,16-18,20H,3-4,9-13H2,1-2H3. The van der Waals surface area contributed by atoms with E-state index < -0.39 is 0 Å². The lowest BCUT2D eigenvalue weighted by atomic mass is 9.74. The van der Waals surface area contributed by atoms with Crippen molar-refractivity contribution in [3.8, 4) is 0 Å². The summed E-state index contributed by atoms with van der Waals surface area (Å²) in [5.74, 6) is 1.86. The molecule has 1 N–H and O–H groups in total. The highest BCUT2D eigenvalue weighted by atomic mass is 32.2. The lowest BCUT2D eigenvalue weighted by molar-refractivity contribution is 0.191. The molecule has 0 saturated heterocycles. The van der Waals surface area contributed by atoms with E-state index >= 15 is 0 Å². The fourth-order valence-corrected chi connectivity index (χ4v) is 5.67. The number of hydrogen-bond donors (Lipinski definition) is 1. The molecule has 21 heavy (non-hydrogen) atoms. The van der Waals surface area contributed by atoms with Gasteiger partial charge in [0.15, 0.2) is 0 Å². The third-order valence-electron chi connectivity index (χ3n) is 5.41. The predicted molar refractivity (Wildman–Crippen MR) is 93.0 cm³/mol. The van der Waals surface area contributed by atoms with Gasteiger partial charge in [0, 0.05) is 16.2 Å². The monoisotopic (exact) mass is 303 g/mol. The Labute approximate surface area is 134 Å². The van der Waals surface area contributed by atoms with Gasteiger partial charge in [-0.15, -0.1) is 11.8 Å². The van der Waals surface area contributed by atoms with Gasteiger partial charge >= 0.3 is 0 Å². The van der Waals surface area contributed by atoms with Gasteiger partial charge in [0.25, 0.3) is 0 Å². The average Bonchev–Trinajstić information content (AvgIpc) is 2.91. The molecule has 1 aliphatic carbocycles. The molecule has 1 aromatic rings. The van der Waals surface area contributed by atoms with Crippen LogP contribution in [0, 0.1) is 11.8 Å². The molecule has 1 saturated carbocycles. The molecule has 0 spiro atoms. The number of nitrogens with one attached hydrogen (secondary N) is 1. The Hall–Kier alpha value is -0.470. The van der Waals surface area contributed by atoms with Crippen LogP contribution >= 0.6 is 11.8 Å². The summed E-state index contributed by atoms with van der Waals surface area (Å²) < 4.78 is 0. The highest BCUT2D eigenvalue weighted by molar-refractivity contribution is 8.00. The normalized spacial score (nSPS) is 32.1. The van der Waals surface area contributed by atoms with Crippen LogP contribution in [-0.4, -0.2) is 17.8 Å². The van der Waals surface area contributed by atoms with Gasteiger partial charge in [-0.3, -0.25) is 0 Å². The molecule has 3 rings (SSSR count). The summed E-state index contributed by atoms with van der Waals surface area (Å²) in [5, 5.41) is 4.57. The Morgan fingerprint density at radius 2 is 2.05 bits per heavy atom. The smallest absolute Gasteiger partial charge is 0.0138 e. The largest absolute Gasteiger partial charge is 0.314 e. The first-order chi connectivity index (χ1) is 10.3. The first-order valence-electron chi connectivity index (χ1n) is 8.78. The molecule has 1 aliphatic heterocycles. The van der Waals surface area contributed by atoms with E-state index in [1.54, 1.807) is 5.56 Å². The van der Waals surface area contributed by atoms with Crippen LogP contribution in [0.3, 0.4) is 0 Å². The van der Waals surface area contributed by atoms with Crippen LogP contribution in [0.2, 0.25) is 0 Å². The highest BCUT2D eigenvalue weighted by Crippen LogP contribution is 2.43. The van der Waals surface area contributed by atoms with Gasteiger partial charge in [-0.05, 0) is 62.1 Å². The summed E-state index contributed by atoms with van der Waals surface area (Å²) in [4.78, 5) is 1.53. The number of fused-ring (bicyclic) bond motifs is 1. The number of hydrogen-bond acceptors (Lipinski definition) is 2. The second-order valence-corrected chi connectivity index (χ2v) is 8.14. The summed E-state index contributed by atoms with van der Waals surface area (Å²) in [6, 6.07) is 9.76. The van der Waals surface area contributed by atoms with Gasteiger partial charge in [0.05, 0.1) is 0 Å². The SMILES string of the molecule is CCNC1CCC(CC)CC1CC1Cc2ccccc2S1. The Morgan fingerprint density at radius 3 is 2.81 bits per heavy atom. The zero-order chi connectivity index (χ0) is 14.7. The van der Waals surface area contributed by atoms with Crippen molar-refractivity contribution in [1.82, 2.24) is 5.32 Å². The molecule has 0 radical (unpaired) electrons. The van der Waals surface area contributed by atoms with E-state index in [0.717, 1.165) is 29.7 Å². The molecular formula is C19H29NS. The van der Waals surface area contributed by atoms with Crippen molar-refractivity contribution < 1.29 is 0 Å². The van der Waals surface area contributed by atoms with Crippen LogP contribution in [0.1, 0.15) is 51.5 Å². The molecule has 0 aromatic heterocycles. The summed E-state index contributed by atoms with van der Waals surface area (Å²) in [6.07, 6.45) is 8.32. The summed E-state index contributed by atoms with van der Waals surface area (Å²) >= 11 is 2.13. The summed E-state index contributed by atoms with van der Waals surface area (Å²) in [7, 11) is 0. The first kappa shape index (κ1) is 15.4. The molecular weight excluding hydrogens is 274 g/mol. The van der Waals surface area contributed by atoms with E-state index in [-0.39, 0.29) is 0 Å². The molecule has 1 fully saturated rings. The third-order valence-corrected chi connectivity index (χ3v) is 6.76. The van der Waals surface area contributed by atoms with Gasteiger partial charge in [0.1, 0.15) is 0 Å². The maximum Gasteiger partial charge on any atom is 0.0138 e. The molecule has 116 valence electrons. The average molecular weight is 304 g/mol. The minimum atomic E-state index is 0.766. The molecule has 2 heteroatoms. The van der Waals surface area contributed by atoms with Crippen molar-refractivity contribution in [3.05, 3.63) is 29.8 Å². The summed E-state index contributed by atoms with van der Waals surface area (Å²) in [5.41, 5.74) is 1.58. The third kappa shape index (κ3) is 3.65. The summed E-state index contributed by atoms with van der Waals surface area (Å²) in [6.45, 7) is 5.74.